The van der Waals surface area contributed by atoms with Crippen LogP contribution in [-0.2, 0) is 11.2 Å². The van der Waals surface area contributed by atoms with Gasteiger partial charge in [-0.15, -0.1) is 0 Å². The van der Waals surface area contributed by atoms with Crippen molar-refractivity contribution in [1.82, 2.24) is 5.32 Å². The molecule has 2 atom stereocenters. The van der Waals surface area contributed by atoms with Crippen LogP contribution < -0.4 is 14.8 Å². The molecule has 0 amide bonds. The fourth-order valence-electron chi connectivity index (χ4n) is 3.05. The van der Waals surface area contributed by atoms with Gasteiger partial charge in [0.15, 0.2) is 11.5 Å². The highest BCUT2D eigenvalue weighted by molar-refractivity contribution is 5.42. The minimum atomic E-state index is 0.365. The van der Waals surface area contributed by atoms with Gasteiger partial charge < -0.3 is 19.5 Å². The summed E-state index contributed by atoms with van der Waals surface area (Å²) in [5.74, 6) is 1.57. The van der Waals surface area contributed by atoms with Gasteiger partial charge in [0.2, 0.25) is 0 Å². The molecule has 1 aliphatic carbocycles. The lowest BCUT2D eigenvalue weighted by Gasteiger charge is -2.31. The van der Waals surface area contributed by atoms with Crippen LogP contribution in [0.15, 0.2) is 18.2 Å². The summed E-state index contributed by atoms with van der Waals surface area (Å²) in [5, 5.41) is 3.64. The van der Waals surface area contributed by atoms with Crippen LogP contribution in [0.2, 0.25) is 0 Å². The van der Waals surface area contributed by atoms with Crippen LogP contribution >= 0.6 is 0 Å². The van der Waals surface area contributed by atoms with E-state index in [1.54, 1.807) is 14.2 Å². The number of ether oxygens (including phenoxy) is 3. The van der Waals surface area contributed by atoms with Crippen LogP contribution in [-0.4, -0.2) is 40.0 Å². The van der Waals surface area contributed by atoms with Gasteiger partial charge in [-0.05, 0) is 43.5 Å². The predicted molar refractivity (Wildman–Crippen MR) is 84.3 cm³/mol. The van der Waals surface area contributed by atoms with E-state index in [1.165, 1.54) is 31.2 Å². The van der Waals surface area contributed by atoms with Gasteiger partial charge in [-0.25, -0.2) is 0 Å². The summed E-state index contributed by atoms with van der Waals surface area (Å²) in [5.41, 5.74) is 1.25. The van der Waals surface area contributed by atoms with Crippen molar-refractivity contribution >= 4 is 0 Å². The highest BCUT2D eigenvalue weighted by Crippen LogP contribution is 2.27. The van der Waals surface area contributed by atoms with E-state index < -0.39 is 0 Å². The van der Waals surface area contributed by atoms with Crippen LogP contribution in [0.3, 0.4) is 0 Å². The molecule has 4 nitrogen and oxygen atoms in total. The van der Waals surface area contributed by atoms with E-state index >= 15 is 0 Å². The van der Waals surface area contributed by atoms with E-state index in [2.05, 4.69) is 17.4 Å². The maximum Gasteiger partial charge on any atom is 0.160 e. The number of nitrogens with one attached hydrogen (secondary N) is 1. The van der Waals surface area contributed by atoms with Crippen molar-refractivity contribution in [2.75, 3.05) is 27.9 Å². The lowest BCUT2D eigenvalue weighted by atomic mass is 9.92. The zero-order valence-corrected chi connectivity index (χ0v) is 13.4. The molecule has 1 aromatic carbocycles. The van der Waals surface area contributed by atoms with Gasteiger partial charge in [-0.3, -0.25) is 0 Å². The molecule has 0 radical (unpaired) electrons. The molecule has 0 aromatic heterocycles. The van der Waals surface area contributed by atoms with Gasteiger partial charge in [0, 0.05) is 13.2 Å². The molecule has 1 aromatic rings. The van der Waals surface area contributed by atoms with Crippen LogP contribution in [0.5, 0.6) is 11.5 Å². The van der Waals surface area contributed by atoms with Crippen molar-refractivity contribution in [2.24, 2.45) is 0 Å². The van der Waals surface area contributed by atoms with Gasteiger partial charge in [0.1, 0.15) is 0 Å². The molecule has 1 N–H and O–H groups in total. The first kappa shape index (κ1) is 16.1. The maximum atomic E-state index is 5.57. The van der Waals surface area contributed by atoms with Gasteiger partial charge in [-0.2, -0.15) is 0 Å². The van der Waals surface area contributed by atoms with E-state index in [4.69, 9.17) is 14.2 Å². The maximum absolute atomic E-state index is 5.57. The molecule has 0 heterocycles. The normalized spacial score (nSPS) is 22.0. The zero-order chi connectivity index (χ0) is 15.1. The Morgan fingerprint density at radius 2 is 1.81 bits per heavy atom. The van der Waals surface area contributed by atoms with E-state index in [9.17, 15) is 0 Å². The number of methoxy groups -OCH3 is 3. The van der Waals surface area contributed by atoms with Crippen LogP contribution in [0.1, 0.15) is 31.2 Å². The minimum absolute atomic E-state index is 0.365. The first-order chi connectivity index (χ1) is 10.3. The van der Waals surface area contributed by atoms with Crippen LogP contribution in [0.25, 0.3) is 0 Å². The molecule has 2 rings (SSSR count). The van der Waals surface area contributed by atoms with Gasteiger partial charge >= 0.3 is 0 Å². The molecule has 0 saturated heterocycles. The fraction of sp³-hybridized carbons (Fsp3) is 0.647. The van der Waals surface area contributed by atoms with E-state index in [-0.39, 0.29) is 0 Å². The average molecular weight is 293 g/mol. The highest BCUT2D eigenvalue weighted by atomic mass is 16.5. The number of hydrogen-bond donors (Lipinski definition) is 1. The molecular formula is C17H27NO3. The highest BCUT2D eigenvalue weighted by Gasteiger charge is 2.23. The van der Waals surface area contributed by atoms with Crippen molar-refractivity contribution in [2.45, 2.75) is 44.2 Å². The summed E-state index contributed by atoms with van der Waals surface area (Å²) in [6, 6.07) is 6.60. The largest absolute Gasteiger partial charge is 0.493 e. The Kier molecular flexibility index (Phi) is 6.33. The molecule has 0 unspecified atom stereocenters. The Labute approximate surface area is 127 Å². The summed E-state index contributed by atoms with van der Waals surface area (Å²) in [7, 11) is 5.15. The van der Waals surface area contributed by atoms with Crippen LogP contribution in [0, 0.1) is 0 Å². The minimum Gasteiger partial charge on any atom is -0.493 e. The Hall–Kier alpha value is -1.26. The van der Waals surface area contributed by atoms with Crippen molar-refractivity contribution < 1.29 is 14.2 Å². The number of hydrogen-bond acceptors (Lipinski definition) is 4. The van der Waals surface area contributed by atoms with Crippen molar-refractivity contribution in [3.05, 3.63) is 23.8 Å². The summed E-state index contributed by atoms with van der Waals surface area (Å²) >= 11 is 0. The lowest BCUT2D eigenvalue weighted by Crippen LogP contribution is -2.43. The topological polar surface area (TPSA) is 39.7 Å². The molecule has 0 spiro atoms. The Morgan fingerprint density at radius 1 is 1.05 bits per heavy atom. The van der Waals surface area contributed by atoms with E-state index in [0.717, 1.165) is 24.5 Å². The van der Waals surface area contributed by atoms with Crippen LogP contribution in [0.4, 0.5) is 0 Å². The molecule has 21 heavy (non-hydrogen) atoms. The molecule has 118 valence electrons. The first-order valence-electron chi connectivity index (χ1n) is 7.75. The second-order valence-corrected chi connectivity index (χ2v) is 5.56. The molecule has 1 fully saturated rings. The Morgan fingerprint density at radius 3 is 2.52 bits per heavy atom. The number of benzene rings is 1. The summed E-state index contributed by atoms with van der Waals surface area (Å²) in [6.07, 6.45) is 6.31. The SMILES string of the molecule is COc1ccc(CCN[C@H]2CCCC[C@H]2OC)cc1OC. The zero-order valence-electron chi connectivity index (χ0n) is 13.4. The third-order valence-corrected chi connectivity index (χ3v) is 4.27. The van der Waals surface area contributed by atoms with Crippen molar-refractivity contribution in [3.63, 3.8) is 0 Å². The molecule has 0 aliphatic heterocycles. The summed E-state index contributed by atoms with van der Waals surface area (Å²) < 4.78 is 16.2. The summed E-state index contributed by atoms with van der Waals surface area (Å²) in [6.45, 7) is 0.958. The standard InChI is InChI=1S/C17H27NO3/c1-19-15-7-5-4-6-14(15)18-11-10-13-8-9-16(20-2)17(12-13)21-3/h8-9,12,14-15,18H,4-7,10-11H2,1-3H3/t14-,15+/m0/s1. The predicted octanol–water partition coefficient (Wildman–Crippen LogP) is 2.79. The molecule has 0 bridgehead atoms. The fourth-order valence-corrected chi connectivity index (χ4v) is 3.05. The Balaban J connectivity index is 1.85. The average Bonchev–Trinajstić information content (AvgIpc) is 2.55. The Bertz CT molecular complexity index is 436. The summed E-state index contributed by atoms with van der Waals surface area (Å²) in [4.78, 5) is 0. The quantitative estimate of drug-likeness (QED) is 0.839. The van der Waals surface area contributed by atoms with E-state index in [1.807, 2.05) is 13.2 Å². The molecule has 1 saturated carbocycles. The lowest BCUT2D eigenvalue weighted by molar-refractivity contribution is 0.0421. The third kappa shape index (κ3) is 4.35. The molecule has 1 aliphatic rings. The second kappa shape index (κ2) is 8.25. The van der Waals surface area contributed by atoms with Gasteiger partial charge in [0.05, 0.1) is 20.3 Å². The monoisotopic (exact) mass is 293 g/mol. The molecular weight excluding hydrogens is 266 g/mol. The van der Waals surface area contributed by atoms with Crippen molar-refractivity contribution in [3.8, 4) is 11.5 Å². The smallest absolute Gasteiger partial charge is 0.160 e. The number of rotatable bonds is 7. The van der Waals surface area contributed by atoms with E-state index in [0.29, 0.717) is 12.1 Å². The van der Waals surface area contributed by atoms with Gasteiger partial charge in [-0.1, -0.05) is 18.9 Å². The second-order valence-electron chi connectivity index (χ2n) is 5.56. The third-order valence-electron chi connectivity index (χ3n) is 4.27. The van der Waals surface area contributed by atoms with Crippen molar-refractivity contribution in [1.29, 1.82) is 0 Å². The molecule has 4 heteroatoms. The first-order valence-corrected chi connectivity index (χ1v) is 7.75. The van der Waals surface area contributed by atoms with Gasteiger partial charge in [0.25, 0.3) is 0 Å².